The highest BCUT2D eigenvalue weighted by atomic mass is 16.5. The van der Waals surface area contributed by atoms with Gasteiger partial charge in [-0.1, -0.05) is 31.5 Å². The number of aliphatic hydroxyl groups is 1. The Balaban J connectivity index is 2.29. The summed E-state index contributed by atoms with van der Waals surface area (Å²) < 4.78 is 5.97. The first-order chi connectivity index (χ1) is 7.14. The molecule has 1 aliphatic heterocycles. The molecule has 2 nitrogen and oxygen atoms in total. The van der Waals surface area contributed by atoms with Gasteiger partial charge in [0.2, 0.25) is 0 Å². The molecule has 15 heavy (non-hydrogen) atoms. The van der Waals surface area contributed by atoms with Crippen LogP contribution >= 0.6 is 0 Å². The maximum absolute atomic E-state index is 10.0. The fourth-order valence-corrected chi connectivity index (χ4v) is 2.36. The number of aliphatic hydroxyl groups excluding tert-OH is 1. The van der Waals surface area contributed by atoms with Gasteiger partial charge < -0.3 is 9.84 Å². The van der Waals surface area contributed by atoms with Gasteiger partial charge in [0.25, 0.3) is 0 Å². The largest absolute Gasteiger partial charge is 0.487 e. The SMILES string of the molecule is CCCC1(C)C[C@H](O)c2ccccc2O1. The molecule has 2 atom stereocenters. The molecule has 0 saturated heterocycles. The van der Waals surface area contributed by atoms with E-state index < -0.39 is 0 Å². The zero-order valence-electron chi connectivity index (χ0n) is 9.36. The molecule has 2 heteroatoms. The average Bonchev–Trinajstić information content (AvgIpc) is 2.17. The molecule has 82 valence electrons. The lowest BCUT2D eigenvalue weighted by molar-refractivity contribution is -0.00732. The summed E-state index contributed by atoms with van der Waals surface area (Å²) >= 11 is 0. The number of para-hydroxylation sites is 1. The molecule has 0 saturated carbocycles. The summed E-state index contributed by atoms with van der Waals surface area (Å²) in [6.07, 6.45) is 2.37. The van der Waals surface area contributed by atoms with Crippen molar-refractivity contribution in [2.24, 2.45) is 0 Å². The third-order valence-corrected chi connectivity index (χ3v) is 3.04. The molecule has 0 fully saturated rings. The highest BCUT2D eigenvalue weighted by molar-refractivity contribution is 5.37. The highest BCUT2D eigenvalue weighted by Crippen LogP contribution is 2.41. The minimum absolute atomic E-state index is 0.206. The van der Waals surface area contributed by atoms with E-state index in [4.69, 9.17) is 4.74 Å². The predicted octanol–water partition coefficient (Wildman–Crippen LogP) is 3.06. The van der Waals surface area contributed by atoms with Crippen molar-refractivity contribution in [3.8, 4) is 5.75 Å². The summed E-state index contributed by atoms with van der Waals surface area (Å²) in [5.74, 6) is 0.840. The van der Waals surface area contributed by atoms with E-state index in [1.165, 1.54) is 0 Å². The molecule has 1 unspecified atom stereocenters. The zero-order valence-corrected chi connectivity index (χ0v) is 9.36. The van der Waals surface area contributed by atoms with Crippen LogP contribution in [0.2, 0.25) is 0 Å². The number of ether oxygens (including phenoxy) is 1. The van der Waals surface area contributed by atoms with Gasteiger partial charge in [-0.15, -0.1) is 0 Å². The molecular weight excluding hydrogens is 188 g/mol. The Kier molecular flexibility index (Phi) is 2.70. The van der Waals surface area contributed by atoms with Crippen molar-refractivity contribution in [1.82, 2.24) is 0 Å². The molecule has 1 N–H and O–H groups in total. The molecule has 1 aromatic rings. The molecule has 0 amide bonds. The third kappa shape index (κ3) is 2.00. The number of rotatable bonds is 2. The van der Waals surface area contributed by atoms with Crippen LogP contribution in [0, 0.1) is 0 Å². The first-order valence-corrected chi connectivity index (χ1v) is 5.60. The summed E-state index contributed by atoms with van der Waals surface area (Å²) in [6, 6.07) is 7.76. The van der Waals surface area contributed by atoms with Gasteiger partial charge in [0.1, 0.15) is 11.4 Å². The Hall–Kier alpha value is -1.02. The Bertz CT molecular complexity index is 348. The number of hydrogen-bond acceptors (Lipinski definition) is 2. The monoisotopic (exact) mass is 206 g/mol. The summed E-state index contributed by atoms with van der Waals surface area (Å²) in [5.41, 5.74) is 0.716. The first kappa shape index (κ1) is 10.5. The zero-order chi connectivity index (χ0) is 10.9. The van der Waals surface area contributed by atoms with E-state index in [1.54, 1.807) is 0 Å². The van der Waals surface area contributed by atoms with Gasteiger partial charge in [0, 0.05) is 12.0 Å². The quantitative estimate of drug-likeness (QED) is 0.805. The van der Waals surface area contributed by atoms with Crippen molar-refractivity contribution in [2.45, 2.75) is 44.8 Å². The lowest BCUT2D eigenvalue weighted by Gasteiger charge is -2.38. The smallest absolute Gasteiger partial charge is 0.125 e. The Morgan fingerprint density at radius 2 is 2.20 bits per heavy atom. The second-order valence-electron chi connectivity index (χ2n) is 4.56. The van der Waals surface area contributed by atoms with Gasteiger partial charge in [-0.2, -0.15) is 0 Å². The topological polar surface area (TPSA) is 29.5 Å². The van der Waals surface area contributed by atoms with Crippen molar-refractivity contribution >= 4 is 0 Å². The van der Waals surface area contributed by atoms with Crippen LogP contribution in [0.15, 0.2) is 24.3 Å². The van der Waals surface area contributed by atoms with Crippen molar-refractivity contribution < 1.29 is 9.84 Å². The second-order valence-corrected chi connectivity index (χ2v) is 4.56. The molecule has 1 heterocycles. The number of benzene rings is 1. The minimum Gasteiger partial charge on any atom is -0.487 e. The standard InChI is InChI=1S/C13H18O2/c1-3-8-13(2)9-11(14)10-6-4-5-7-12(10)15-13/h4-7,11,14H,3,8-9H2,1-2H3/t11-,13?/m0/s1. The summed E-state index contributed by atoms with van der Waals surface area (Å²) in [5, 5.41) is 10.0. The third-order valence-electron chi connectivity index (χ3n) is 3.04. The van der Waals surface area contributed by atoms with E-state index in [-0.39, 0.29) is 11.7 Å². The average molecular weight is 206 g/mol. The fourth-order valence-electron chi connectivity index (χ4n) is 2.36. The van der Waals surface area contributed by atoms with Gasteiger partial charge >= 0.3 is 0 Å². The van der Waals surface area contributed by atoms with E-state index in [1.807, 2.05) is 24.3 Å². The van der Waals surface area contributed by atoms with Crippen molar-refractivity contribution in [2.75, 3.05) is 0 Å². The van der Waals surface area contributed by atoms with Crippen LogP contribution in [0.5, 0.6) is 5.75 Å². The predicted molar refractivity (Wildman–Crippen MR) is 60.0 cm³/mol. The van der Waals surface area contributed by atoms with Crippen molar-refractivity contribution in [3.63, 3.8) is 0 Å². The normalized spacial score (nSPS) is 29.4. The van der Waals surface area contributed by atoms with Gasteiger partial charge in [-0.25, -0.2) is 0 Å². The van der Waals surface area contributed by atoms with Gasteiger partial charge in [0.05, 0.1) is 6.10 Å². The molecule has 0 bridgehead atoms. The van der Waals surface area contributed by atoms with Crippen LogP contribution in [-0.2, 0) is 0 Å². The molecule has 0 spiro atoms. The van der Waals surface area contributed by atoms with Crippen LogP contribution < -0.4 is 4.74 Å². The first-order valence-electron chi connectivity index (χ1n) is 5.60. The maximum Gasteiger partial charge on any atom is 0.125 e. The minimum atomic E-state index is -0.383. The number of hydrogen-bond donors (Lipinski definition) is 1. The molecule has 0 radical (unpaired) electrons. The molecule has 0 aliphatic carbocycles. The lowest BCUT2D eigenvalue weighted by atomic mass is 9.87. The van der Waals surface area contributed by atoms with E-state index in [2.05, 4.69) is 13.8 Å². The molecule has 0 aromatic heterocycles. The molecule has 1 aliphatic rings. The number of fused-ring (bicyclic) bond motifs is 1. The highest BCUT2D eigenvalue weighted by Gasteiger charge is 2.35. The van der Waals surface area contributed by atoms with Gasteiger partial charge in [-0.3, -0.25) is 0 Å². The summed E-state index contributed by atoms with van der Waals surface area (Å²) in [6.45, 7) is 4.22. The van der Waals surface area contributed by atoms with Crippen LogP contribution in [0.1, 0.15) is 44.8 Å². The van der Waals surface area contributed by atoms with E-state index in [0.717, 1.165) is 24.2 Å². The van der Waals surface area contributed by atoms with Crippen LogP contribution in [0.4, 0.5) is 0 Å². The van der Waals surface area contributed by atoms with Crippen molar-refractivity contribution in [1.29, 1.82) is 0 Å². The van der Waals surface area contributed by atoms with Crippen LogP contribution in [0.3, 0.4) is 0 Å². The second kappa shape index (κ2) is 3.86. The summed E-state index contributed by atoms with van der Waals surface area (Å²) in [7, 11) is 0. The Morgan fingerprint density at radius 3 is 2.93 bits per heavy atom. The summed E-state index contributed by atoms with van der Waals surface area (Å²) in [4.78, 5) is 0. The van der Waals surface area contributed by atoms with Gasteiger partial charge in [0.15, 0.2) is 0 Å². The van der Waals surface area contributed by atoms with Gasteiger partial charge in [-0.05, 0) is 19.4 Å². The van der Waals surface area contributed by atoms with Crippen molar-refractivity contribution in [3.05, 3.63) is 29.8 Å². The lowest BCUT2D eigenvalue weighted by Crippen LogP contribution is -2.37. The molecule has 1 aromatic carbocycles. The maximum atomic E-state index is 10.0. The Morgan fingerprint density at radius 1 is 1.47 bits per heavy atom. The van der Waals surface area contributed by atoms with E-state index in [0.29, 0.717) is 6.42 Å². The van der Waals surface area contributed by atoms with Crippen LogP contribution in [-0.4, -0.2) is 10.7 Å². The van der Waals surface area contributed by atoms with E-state index >= 15 is 0 Å². The molecule has 2 rings (SSSR count). The van der Waals surface area contributed by atoms with Crippen LogP contribution in [0.25, 0.3) is 0 Å². The molecular formula is C13H18O2. The fraction of sp³-hybridized carbons (Fsp3) is 0.538. The Labute approximate surface area is 90.9 Å². The van der Waals surface area contributed by atoms with E-state index in [9.17, 15) is 5.11 Å².